The summed E-state index contributed by atoms with van der Waals surface area (Å²) in [5.74, 6) is -0.0129. The lowest BCUT2D eigenvalue weighted by Crippen LogP contribution is -2.50. The second kappa shape index (κ2) is 8.18. The number of rotatable bonds is 5. The number of anilines is 1. The molecule has 2 amide bonds. The molecule has 1 aromatic carbocycles. The van der Waals surface area contributed by atoms with Crippen molar-refractivity contribution in [2.45, 2.75) is 0 Å². The molecule has 1 aromatic heterocycles. The minimum atomic E-state index is -1.58. The molecule has 26 heavy (non-hydrogen) atoms. The van der Waals surface area contributed by atoms with Crippen LogP contribution >= 0.6 is 0 Å². The van der Waals surface area contributed by atoms with Gasteiger partial charge in [0.05, 0.1) is 12.8 Å². The highest BCUT2D eigenvalue weighted by Crippen LogP contribution is 2.10. The molecule has 1 saturated heterocycles. The van der Waals surface area contributed by atoms with Crippen LogP contribution < -0.4 is 10.8 Å². The second-order valence-corrected chi connectivity index (χ2v) is 6.09. The Labute approximate surface area is 151 Å². The van der Waals surface area contributed by atoms with Gasteiger partial charge in [0.1, 0.15) is 0 Å². The third-order valence-electron chi connectivity index (χ3n) is 4.23. The Bertz CT molecular complexity index is 758. The van der Waals surface area contributed by atoms with Crippen LogP contribution in [0.15, 0.2) is 47.1 Å². The SMILES string of the molecule is O=C(CN1CCN(C(=O)c2ccco2)CC1)Nc1cccc(B(O)O)c1. The van der Waals surface area contributed by atoms with Crippen LogP contribution in [0.1, 0.15) is 10.6 Å². The molecular formula is C17H20BN3O5. The van der Waals surface area contributed by atoms with Gasteiger partial charge in [0.2, 0.25) is 5.91 Å². The highest BCUT2D eigenvalue weighted by Gasteiger charge is 2.24. The van der Waals surface area contributed by atoms with Crippen LogP contribution in [-0.4, -0.2) is 71.5 Å². The van der Waals surface area contributed by atoms with Gasteiger partial charge in [0.25, 0.3) is 5.91 Å². The summed E-state index contributed by atoms with van der Waals surface area (Å²) >= 11 is 0. The molecule has 8 nitrogen and oxygen atoms in total. The van der Waals surface area contributed by atoms with Gasteiger partial charge in [-0.1, -0.05) is 12.1 Å². The first-order chi connectivity index (χ1) is 12.5. The van der Waals surface area contributed by atoms with Crippen LogP contribution in [0.4, 0.5) is 5.69 Å². The number of hydrogen-bond acceptors (Lipinski definition) is 6. The van der Waals surface area contributed by atoms with E-state index in [2.05, 4.69) is 5.32 Å². The second-order valence-electron chi connectivity index (χ2n) is 6.09. The van der Waals surface area contributed by atoms with Gasteiger partial charge in [-0.05, 0) is 29.7 Å². The molecule has 0 bridgehead atoms. The molecule has 0 atom stereocenters. The fraction of sp³-hybridized carbons (Fsp3) is 0.294. The lowest BCUT2D eigenvalue weighted by molar-refractivity contribution is -0.117. The fourth-order valence-corrected chi connectivity index (χ4v) is 2.85. The summed E-state index contributed by atoms with van der Waals surface area (Å²) in [7, 11) is -1.58. The zero-order valence-electron chi connectivity index (χ0n) is 14.2. The maximum Gasteiger partial charge on any atom is 0.488 e. The zero-order valence-corrected chi connectivity index (χ0v) is 14.2. The topological polar surface area (TPSA) is 106 Å². The first-order valence-electron chi connectivity index (χ1n) is 8.34. The van der Waals surface area contributed by atoms with Gasteiger partial charge in [0, 0.05) is 31.9 Å². The Kier molecular flexibility index (Phi) is 5.72. The van der Waals surface area contributed by atoms with Crippen molar-refractivity contribution in [3.05, 3.63) is 48.4 Å². The Morgan fingerprint density at radius 3 is 2.54 bits per heavy atom. The monoisotopic (exact) mass is 357 g/mol. The van der Waals surface area contributed by atoms with E-state index in [-0.39, 0.29) is 18.4 Å². The minimum Gasteiger partial charge on any atom is -0.459 e. The Morgan fingerprint density at radius 1 is 1.12 bits per heavy atom. The summed E-state index contributed by atoms with van der Waals surface area (Å²) in [6, 6.07) is 9.73. The largest absolute Gasteiger partial charge is 0.488 e. The molecule has 1 aliphatic rings. The van der Waals surface area contributed by atoms with Crippen LogP contribution in [-0.2, 0) is 4.79 Å². The van der Waals surface area contributed by atoms with Crippen LogP contribution in [0.5, 0.6) is 0 Å². The molecule has 0 saturated carbocycles. The van der Waals surface area contributed by atoms with Crippen LogP contribution in [0.3, 0.4) is 0 Å². The average Bonchev–Trinajstić information content (AvgIpc) is 3.16. The molecule has 2 heterocycles. The minimum absolute atomic E-state index is 0.140. The molecule has 2 aromatic rings. The van der Waals surface area contributed by atoms with Crippen molar-refractivity contribution in [3.8, 4) is 0 Å². The van der Waals surface area contributed by atoms with E-state index >= 15 is 0 Å². The van der Waals surface area contributed by atoms with Crippen molar-refractivity contribution in [3.63, 3.8) is 0 Å². The number of hydrogen-bond donors (Lipinski definition) is 3. The third kappa shape index (κ3) is 4.51. The maximum absolute atomic E-state index is 12.2. The van der Waals surface area contributed by atoms with E-state index in [9.17, 15) is 19.6 Å². The van der Waals surface area contributed by atoms with Crippen molar-refractivity contribution < 1.29 is 24.1 Å². The van der Waals surface area contributed by atoms with E-state index in [1.807, 2.05) is 4.90 Å². The molecule has 0 spiro atoms. The fourth-order valence-electron chi connectivity index (χ4n) is 2.85. The van der Waals surface area contributed by atoms with E-state index in [0.29, 0.717) is 43.1 Å². The highest BCUT2D eigenvalue weighted by molar-refractivity contribution is 6.58. The molecule has 0 radical (unpaired) electrons. The summed E-state index contributed by atoms with van der Waals surface area (Å²) < 4.78 is 5.13. The molecule has 0 unspecified atom stereocenters. The smallest absolute Gasteiger partial charge is 0.459 e. The molecule has 1 aliphatic heterocycles. The van der Waals surface area contributed by atoms with Crippen molar-refractivity contribution in [2.24, 2.45) is 0 Å². The number of benzene rings is 1. The molecule has 3 rings (SSSR count). The zero-order chi connectivity index (χ0) is 18.5. The summed E-state index contributed by atoms with van der Waals surface area (Å²) in [6.07, 6.45) is 1.47. The van der Waals surface area contributed by atoms with Crippen molar-refractivity contribution in [1.29, 1.82) is 0 Å². The van der Waals surface area contributed by atoms with Crippen LogP contribution in [0.2, 0.25) is 0 Å². The van der Waals surface area contributed by atoms with Crippen molar-refractivity contribution in [2.75, 3.05) is 38.0 Å². The number of nitrogens with zero attached hydrogens (tertiary/aromatic N) is 2. The molecule has 1 fully saturated rings. The van der Waals surface area contributed by atoms with Crippen molar-refractivity contribution >= 4 is 30.1 Å². The average molecular weight is 357 g/mol. The number of amides is 2. The molecule has 0 aliphatic carbocycles. The van der Waals surface area contributed by atoms with E-state index < -0.39 is 7.12 Å². The van der Waals surface area contributed by atoms with Gasteiger partial charge in [-0.3, -0.25) is 14.5 Å². The lowest BCUT2D eigenvalue weighted by atomic mass is 9.80. The normalized spacial score (nSPS) is 14.9. The van der Waals surface area contributed by atoms with E-state index in [1.54, 1.807) is 35.2 Å². The maximum atomic E-state index is 12.2. The third-order valence-corrected chi connectivity index (χ3v) is 4.23. The van der Waals surface area contributed by atoms with E-state index in [4.69, 9.17) is 4.42 Å². The van der Waals surface area contributed by atoms with Gasteiger partial charge in [-0.2, -0.15) is 0 Å². The number of furan rings is 1. The molecule has 9 heteroatoms. The van der Waals surface area contributed by atoms with Gasteiger partial charge in [-0.15, -0.1) is 0 Å². The Morgan fingerprint density at radius 2 is 1.88 bits per heavy atom. The van der Waals surface area contributed by atoms with E-state index in [1.165, 1.54) is 12.3 Å². The van der Waals surface area contributed by atoms with Crippen molar-refractivity contribution in [1.82, 2.24) is 9.80 Å². The highest BCUT2D eigenvalue weighted by atomic mass is 16.4. The first-order valence-corrected chi connectivity index (χ1v) is 8.34. The molecular weight excluding hydrogens is 337 g/mol. The number of piperazine rings is 1. The first kappa shape index (κ1) is 18.2. The van der Waals surface area contributed by atoms with Crippen LogP contribution in [0.25, 0.3) is 0 Å². The quantitative estimate of drug-likeness (QED) is 0.615. The number of nitrogens with one attached hydrogen (secondary N) is 1. The predicted octanol–water partition coefficient (Wildman–Crippen LogP) is -0.644. The lowest BCUT2D eigenvalue weighted by Gasteiger charge is -2.33. The van der Waals surface area contributed by atoms with Gasteiger partial charge in [-0.25, -0.2) is 0 Å². The predicted molar refractivity (Wildman–Crippen MR) is 95.9 cm³/mol. The van der Waals surface area contributed by atoms with Gasteiger partial charge in [0.15, 0.2) is 5.76 Å². The Hall–Kier alpha value is -2.62. The summed E-state index contributed by atoms with van der Waals surface area (Å²) in [5.41, 5.74) is 0.820. The van der Waals surface area contributed by atoms with E-state index in [0.717, 1.165) is 0 Å². The number of carbonyl (C=O) groups is 2. The molecule has 136 valence electrons. The van der Waals surface area contributed by atoms with Crippen LogP contribution in [0, 0.1) is 0 Å². The molecule has 3 N–H and O–H groups in total. The summed E-state index contributed by atoms with van der Waals surface area (Å²) in [5, 5.41) is 21.1. The van der Waals surface area contributed by atoms with Gasteiger partial charge >= 0.3 is 7.12 Å². The summed E-state index contributed by atoms with van der Waals surface area (Å²) in [6.45, 7) is 2.44. The Balaban J connectivity index is 1.47. The standard InChI is InChI=1S/C17H20BN3O5/c22-16(19-14-4-1-3-13(11-14)18(24)25)12-20-6-8-21(9-7-20)17(23)15-5-2-10-26-15/h1-5,10-11,24-25H,6-9,12H2,(H,19,22). The summed E-state index contributed by atoms with van der Waals surface area (Å²) in [4.78, 5) is 28.1. The number of carbonyl (C=O) groups excluding carboxylic acids is 2. The van der Waals surface area contributed by atoms with Gasteiger partial charge < -0.3 is 24.7 Å².